The van der Waals surface area contributed by atoms with Crippen molar-refractivity contribution in [3.63, 3.8) is 0 Å². The van der Waals surface area contributed by atoms with Crippen LogP contribution in [0.4, 0.5) is 0 Å². The minimum Gasteiger partial charge on any atom is -0.299 e. The maximum Gasteiger partial charge on any atom is 0.186 e. The molecule has 3 nitrogen and oxygen atoms in total. The molecule has 2 aliphatic rings. The van der Waals surface area contributed by atoms with E-state index in [4.69, 9.17) is 0 Å². The minimum atomic E-state index is 0.303. The number of rotatable bonds is 5. The zero-order valence-corrected chi connectivity index (χ0v) is 13.1. The summed E-state index contributed by atoms with van der Waals surface area (Å²) >= 11 is 1.66. The molecule has 1 unspecified atom stereocenters. The SMILES string of the molecule is CCc1ccc(C(=O)CN2CCC(N3CCCC3)C2)s1. The molecule has 20 heavy (non-hydrogen) atoms. The molecule has 3 rings (SSSR count). The van der Waals surface area contributed by atoms with Crippen LogP contribution in [0.25, 0.3) is 0 Å². The summed E-state index contributed by atoms with van der Waals surface area (Å²) in [6, 6.07) is 4.79. The number of Topliss-reactive ketones (excluding diaryl/α,β-unsaturated/α-hetero) is 1. The Bertz CT molecular complexity index is 465. The molecule has 0 aliphatic carbocycles. The highest BCUT2D eigenvalue weighted by Crippen LogP contribution is 2.22. The first-order chi connectivity index (χ1) is 9.76. The van der Waals surface area contributed by atoms with Gasteiger partial charge >= 0.3 is 0 Å². The molecule has 0 bridgehead atoms. The first kappa shape index (κ1) is 14.2. The third-order valence-corrected chi connectivity index (χ3v) is 5.83. The summed E-state index contributed by atoms with van der Waals surface area (Å²) in [7, 11) is 0. The van der Waals surface area contributed by atoms with E-state index in [9.17, 15) is 4.79 Å². The molecule has 0 aromatic carbocycles. The lowest BCUT2D eigenvalue weighted by Crippen LogP contribution is -2.36. The van der Waals surface area contributed by atoms with Gasteiger partial charge in [0.2, 0.25) is 0 Å². The fourth-order valence-corrected chi connectivity index (χ4v) is 4.24. The van der Waals surface area contributed by atoms with E-state index in [0.29, 0.717) is 18.4 Å². The van der Waals surface area contributed by atoms with Gasteiger partial charge in [0.15, 0.2) is 5.78 Å². The maximum absolute atomic E-state index is 12.3. The van der Waals surface area contributed by atoms with Crippen molar-refractivity contribution < 1.29 is 4.79 Å². The highest BCUT2D eigenvalue weighted by atomic mass is 32.1. The number of aryl methyl sites for hydroxylation is 1. The summed E-state index contributed by atoms with van der Waals surface area (Å²) < 4.78 is 0. The van der Waals surface area contributed by atoms with Crippen LogP contribution >= 0.6 is 11.3 Å². The normalized spacial score (nSPS) is 24.6. The molecule has 0 N–H and O–H groups in total. The molecule has 2 saturated heterocycles. The number of hydrogen-bond donors (Lipinski definition) is 0. The summed E-state index contributed by atoms with van der Waals surface area (Å²) in [6.45, 7) is 7.43. The Morgan fingerprint density at radius 3 is 2.80 bits per heavy atom. The zero-order valence-electron chi connectivity index (χ0n) is 12.3. The van der Waals surface area contributed by atoms with Crippen LogP contribution in [0.15, 0.2) is 12.1 Å². The van der Waals surface area contributed by atoms with Crippen molar-refractivity contribution in [2.75, 3.05) is 32.7 Å². The first-order valence-corrected chi connectivity index (χ1v) is 8.66. The molecular weight excluding hydrogens is 268 g/mol. The minimum absolute atomic E-state index is 0.303. The van der Waals surface area contributed by atoms with Crippen molar-refractivity contribution >= 4 is 17.1 Å². The standard InChI is InChI=1S/C16H24N2OS/c1-2-14-5-6-16(20-14)15(19)12-17-10-7-13(11-17)18-8-3-4-9-18/h5-6,13H,2-4,7-12H2,1H3. The van der Waals surface area contributed by atoms with E-state index in [2.05, 4.69) is 22.8 Å². The van der Waals surface area contributed by atoms with Crippen LogP contribution in [0.1, 0.15) is 40.7 Å². The second-order valence-corrected chi connectivity index (χ2v) is 7.13. The summed E-state index contributed by atoms with van der Waals surface area (Å²) in [5, 5.41) is 0. The van der Waals surface area contributed by atoms with E-state index in [-0.39, 0.29) is 0 Å². The van der Waals surface area contributed by atoms with Gasteiger partial charge in [-0.1, -0.05) is 6.92 Å². The number of hydrogen-bond acceptors (Lipinski definition) is 4. The van der Waals surface area contributed by atoms with Gasteiger partial charge < -0.3 is 0 Å². The monoisotopic (exact) mass is 292 g/mol. The van der Waals surface area contributed by atoms with E-state index in [1.807, 2.05) is 6.07 Å². The van der Waals surface area contributed by atoms with Crippen LogP contribution in [0.5, 0.6) is 0 Å². The summed E-state index contributed by atoms with van der Waals surface area (Å²) in [6.07, 6.45) is 4.96. The van der Waals surface area contributed by atoms with Crippen molar-refractivity contribution in [3.8, 4) is 0 Å². The van der Waals surface area contributed by atoms with Crippen LogP contribution in [-0.4, -0.2) is 54.3 Å². The molecule has 3 heterocycles. The largest absolute Gasteiger partial charge is 0.299 e. The molecule has 0 spiro atoms. The second kappa shape index (κ2) is 6.37. The molecule has 1 aromatic heterocycles. The molecule has 2 fully saturated rings. The number of likely N-dealkylation sites (tertiary alicyclic amines) is 2. The van der Waals surface area contributed by atoms with Crippen molar-refractivity contribution in [1.82, 2.24) is 9.80 Å². The predicted molar refractivity (Wildman–Crippen MR) is 83.7 cm³/mol. The van der Waals surface area contributed by atoms with E-state index in [1.165, 1.54) is 37.2 Å². The number of thiophene rings is 1. The molecular formula is C16H24N2OS. The fourth-order valence-electron chi connectivity index (χ4n) is 3.36. The fraction of sp³-hybridized carbons (Fsp3) is 0.688. The van der Waals surface area contributed by atoms with Crippen molar-refractivity contribution in [1.29, 1.82) is 0 Å². The lowest BCUT2D eigenvalue weighted by molar-refractivity contribution is 0.0944. The molecule has 110 valence electrons. The summed E-state index contributed by atoms with van der Waals surface area (Å²) in [4.78, 5) is 19.5. The van der Waals surface area contributed by atoms with Gasteiger partial charge in [-0.25, -0.2) is 0 Å². The van der Waals surface area contributed by atoms with Crippen LogP contribution in [-0.2, 0) is 6.42 Å². The van der Waals surface area contributed by atoms with Gasteiger partial charge in [0.1, 0.15) is 0 Å². The second-order valence-electron chi connectivity index (χ2n) is 5.96. The van der Waals surface area contributed by atoms with Crippen molar-refractivity contribution in [2.45, 2.75) is 38.6 Å². The Hall–Kier alpha value is -0.710. The van der Waals surface area contributed by atoms with Gasteiger partial charge in [0, 0.05) is 24.0 Å². The van der Waals surface area contributed by atoms with Gasteiger partial charge in [-0.05, 0) is 50.9 Å². The van der Waals surface area contributed by atoms with Crippen LogP contribution in [0.3, 0.4) is 0 Å². The first-order valence-electron chi connectivity index (χ1n) is 7.84. The topological polar surface area (TPSA) is 23.6 Å². The van der Waals surface area contributed by atoms with E-state index >= 15 is 0 Å². The number of ketones is 1. The highest BCUT2D eigenvalue weighted by Gasteiger charge is 2.30. The Balaban J connectivity index is 1.52. The van der Waals surface area contributed by atoms with Gasteiger partial charge in [-0.15, -0.1) is 11.3 Å². The van der Waals surface area contributed by atoms with Gasteiger partial charge in [0.25, 0.3) is 0 Å². The smallest absolute Gasteiger partial charge is 0.186 e. The lowest BCUT2D eigenvalue weighted by Gasteiger charge is -2.23. The molecule has 0 saturated carbocycles. The zero-order chi connectivity index (χ0) is 13.9. The third kappa shape index (κ3) is 3.13. The number of nitrogens with zero attached hydrogens (tertiary/aromatic N) is 2. The number of carbonyl (C=O) groups is 1. The van der Waals surface area contributed by atoms with Crippen molar-refractivity contribution in [2.24, 2.45) is 0 Å². The lowest BCUT2D eigenvalue weighted by atomic mass is 10.2. The van der Waals surface area contributed by atoms with Gasteiger partial charge in [-0.3, -0.25) is 14.6 Å². The Morgan fingerprint density at radius 1 is 1.30 bits per heavy atom. The molecule has 4 heteroatoms. The molecule has 1 atom stereocenters. The molecule has 2 aliphatic heterocycles. The van der Waals surface area contributed by atoms with Gasteiger partial charge in [-0.2, -0.15) is 0 Å². The number of carbonyl (C=O) groups excluding carboxylic acids is 1. The molecule has 1 aromatic rings. The quantitative estimate of drug-likeness (QED) is 0.780. The summed E-state index contributed by atoms with van der Waals surface area (Å²) in [5.41, 5.74) is 0. The van der Waals surface area contributed by atoms with Crippen LogP contribution in [0.2, 0.25) is 0 Å². The highest BCUT2D eigenvalue weighted by molar-refractivity contribution is 7.14. The molecule has 0 amide bonds. The van der Waals surface area contributed by atoms with Crippen LogP contribution < -0.4 is 0 Å². The maximum atomic E-state index is 12.3. The summed E-state index contributed by atoms with van der Waals surface area (Å²) in [5.74, 6) is 0.303. The average Bonchev–Trinajstić information content (AvgIpc) is 3.19. The van der Waals surface area contributed by atoms with Crippen LogP contribution in [0, 0.1) is 0 Å². The average molecular weight is 292 g/mol. The molecule has 0 radical (unpaired) electrons. The van der Waals surface area contributed by atoms with Gasteiger partial charge in [0.05, 0.1) is 11.4 Å². The Morgan fingerprint density at radius 2 is 2.10 bits per heavy atom. The predicted octanol–water partition coefficient (Wildman–Crippen LogP) is 2.66. The Labute approximate surface area is 125 Å². The van der Waals surface area contributed by atoms with E-state index in [1.54, 1.807) is 11.3 Å². The van der Waals surface area contributed by atoms with E-state index in [0.717, 1.165) is 24.4 Å². The van der Waals surface area contributed by atoms with Crippen molar-refractivity contribution in [3.05, 3.63) is 21.9 Å². The third-order valence-electron chi connectivity index (χ3n) is 4.56. The van der Waals surface area contributed by atoms with E-state index < -0.39 is 0 Å². The Kier molecular flexibility index (Phi) is 4.54.